The van der Waals surface area contributed by atoms with Crippen molar-refractivity contribution in [3.8, 4) is 0 Å². The molecule has 1 aromatic rings. The van der Waals surface area contributed by atoms with E-state index in [1.54, 1.807) is 0 Å². The van der Waals surface area contributed by atoms with Crippen LogP contribution in [0.2, 0.25) is 0 Å². The summed E-state index contributed by atoms with van der Waals surface area (Å²) in [4.78, 5) is 0. The monoisotopic (exact) mass is 280 g/mol. The van der Waals surface area contributed by atoms with Crippen LogP contribution in [-0.2, 0) is 6.54 Å². The second-order valence-corrected chi connectivity index (χ2v) is 7.36. The van der Waals surface area contributed by atoms with Gasteiger partial charge in [-0.05, 0) is 51.9 Å². The van der Waals surface area contributed by atoms with E-state index in [0.29, 0.717) is 24.5 Å². The van der Waals surface area contributed by atoms with Crippen LogP contribution in [0.4, 0.5) is 6.01 Å². The molecular formula is C15H28N4O. The summed E-state index contributed by atoms with van der Waals surface area (Å²) in [5.74, 6) is 2.17. The summed E-state index contributed by atoms with van der Waals surface area (Å²) in [5.41, 5.74) is 0.0519. The second kappa shape index (κ2) is 6.12. The van der Waals surface area contributed by atoms with Crippen LogP contribution in [0, 0.1) is 11.8 Å². The predicted octanol–water partition coefficient (Wildman–Crippen LogP) is 3.19. The normalized spacial score (nSPS) is 27.6. The van der Waals surface area contributed by atoms with Crippen LogP contribution < -0.4 is 10.6 Å². The molecule has 1 aromatic heterocycles. The highest BCUT2D eigenvalue weighted by Gasteiger charge is 2.25. The lowest BCUT2D eigenvalue weighted by molar-refractivity contribution is 0.277. The lowest BCUT2D eigenvalue weighted by Gasteiger charge is -2.31. The molecule has 0 amide bonds. The topological polar surface area (TPSA) is 63.0 Å². The minimum atomic E-state index is 0.0519. The first-order valence-corrected chi connectivity index (χ1v) is 7.66. The SMILES string of the molecule is CC1CC(C)CC(Nc2nnc(CNC(C)(C)C)o2)C1. The first-order chi connectivity index (χ1) is 9.32. The van der Waals surface area contributed by atoms with Crippen molar-refractivity contribution in [3.05, 3.63) is 5.89 Å². The quantitative estimate of drug-likeness (QED) is 0.887. The van der Waals surface area contributed by atoms with Crippen LogP contribution >= 0.6 is 0 Å². The van der Waals surface area contributed by atoms with E-state index in [0.717, 1.165) is 11.8 Å². The molecule has 0 spiro atoms. The third-order valence-electron chi connectivity index (χ3n) is 3.74. The molecular weight excluding hydrogens is 252 g/mol. The van der Waals surface area contributed by atoms with Gasteiger partial charge in [0.2, 0.25) is 5.89 Å². The number of anilines is 1. The van der Waals surface area contributed by atoms with Crippen LogP contribution in [0.25, 0.3) is 0 Å². The first-order valence-electron chi connectivity index (χ1n) is 7.66. The zero-order chi connectivity index (χ0) is 14.8. The molecule has 0 bridgehead atoms. The van der Waals surface area contributed by atoms with Gasteiger partial charge in [0.1, 0.15) is 0 Å². The van der Waals surface area contributed by atoms with Gasteiger partial charge in [0.05, 0.1) is 6.54 Å². The fraction of sp³-hybridized carbons (Fsp3) is 0.867. The smallest absolute Gasteiger partial charge is 0.315 e. The molecule has 0 radical (unpaired) electrons. The Morgan fingerprint density at radius 1 is 1.10 bits per heavy atom. The van der Waals surface area contributed by atoms with Crippen molar-refractivity contribution in [2.24, 2.45) is 11.8 Å². The van der Waals surface area contributed by atoms with Gasteiger partial charge < -0.3 is 15.1 Å². The fourth-order valence-electron chi connectivity index (χ4n) is 2.96. The Bertz CT molecular complexity index is 414. The minimum absolute atomic E-state index is 0.0519. The van der Waals surface area contributed by atoms with E-state index in [9.17, 15) is 0 Å². The van der Waals surface area contributed by atoms with E-state index in [4.69, 9.17) is 4.42 Å². The minimum Gasteiger partial charge on any atom is -0.407 e. The van der Waals surface area contributed by atoms with Gasteiger partial charge in [0, 0.05) is 11.6 Å². The number of rotatable bonds is 4. The van der Waals surface area contributed by atoms with E-state index in [1.807, 2.05) is 0 Å². The number of nitrogens with zero attached hydrogens (tertiary/aromatic N) is 2. The van der Waals surface area contributed by atoms with Crippen LogP contribution in [-0.4, -0.2) is 21.8 Å². The predicted molar refractivity (Wildman–Crippen MR) is 80.5 cm³/mol. The van der Waals surface area contributed by atoms with Crippen molar-refractivity contribution in [1.82, 2.24) is 15.5 Å². The molecule has 2 N–H and O–H groups in total. The largest absolute Gasteiger partial charge is 0.407 e. The standard InChI is InChI=1S/C15H28N4O/c1-10-6-11(2)8-12(7-10)17-14-19-18-13(20-14)9-16-15(3,4)5/h10-12,16H,6-9H2,1-5H3,(H,17,19). The van der Waals surface area contributed by atoms with Crippen molar-refractivity contribution in [2.45, 2.75) is 72.0 Å². The van der Waals surface area contributed by atoms with Gasteiger partial charge in [0.15, 0.2) is 0 Å². The second-order valence-electron chi connectivity index (χ2n) is 7.36. The van der Waals surface area contributed by atoms with Gasteiger partial charge in [-0.1, -0.05) is 18.9 Å². The van der Waals surface area contributed by atoms with E-state index in [-0.39, 0.29) is 5.54 Å². The van der Waals surface area contributed by atoms with Crippen molar-refractivity contribution in [1.29, 1.82) is 0 Å². The molecule has 1 aliphatic rings. The molecule has 0 aliphatic heterocycles. The Labute approximate surface area is 121 Å². The number of aromatic nitrogens is 2. The van der Waals surface area contributed by atoms with Gasteiger partial charge in [0.25, 0.3) is 0 Å². The third kappa shape index (κ3) is 4.78. The highest BCUT2D eigenvalue weighted by Crippen LogP contribution is 2.30. The summed E-state index contributed by atoms with van der Waals surface area (Å²) in [5, 5.41) is 14.9. The fourth-order valence-corrected chi connectivity index (χ4v) is 2.96. The molecule has 0 saturated heterocycles. The summed E-state index contributed by atoms with van der Waals surface area (Å²) in [7, 11) is 0. The Kier molecular flexibility index (Phi) is 4.68. The molecule has 1 aliphatic carbocycles. The van der Waals surface area contributed by atoms with Gasteiger partial charge in [-0.2, -0.15) is 0 Å². The lowest BCUT2D eigenvalue weighted by atomic mass is 9.80. The maximum Gasteiger partial charge on any atom is 0.315 e. The summed E-state index contributed by atoms with van der Waals surface area (Å²) < 4.78 is 5.66. The van der Waals surface area contributed by atoms with Crippen LogP contribution in [0.3, 0.4) is 0 Å². The highest BCUT2D eigenvalue weighted by atomic mass is 16.4. The van der Waals surface area contributed by atoms with Crippen LogP contribution in [0.1, 0.15) is 59.8 Å². The van der Waals surface area contributed by atoms with Crippen LogP contribution in [0.5, 0.6) is 0 Å². The van der Waals surface area contributed by atoms with Crippen LogP contribution in [0.15, 0.2) is 4.42 Å². The van der Waals surface area contributed by atoms with Crippen molar-refractivity contribution < 1.29 is 4.42 Å². The molecule has 1 saturated carbocycles. The number of hydrogen-bond acceptors (Lipinski definition) is 5. The average molecular weight is 280 g/mol. The summed E-state index contributed by atoms with van der Waals surface area (Å²) in [6.07, 6.45) is 3.69. The van der Waals surface area contributed by atoms with Gasteiger partial charge >= 0.3 is 6.01 Å². The summed E-state index contributed by atoms with van der Waals surface area (Å²) in [6, 6.07) is 1.01. The summed E-state index contributed by atoms with van der Waals surface area (Å²) in [6.45, 7) is 11.6. The van der Waals surface area contributed by atoms with Gasteiger partial charge in [-0.25, -0.2) is 0 Å². The Balaban J connectivity index is 1.86. The summed E-state index contributed by atoms with van der Waals surface area (Å²) >= 11 is 0. The zero-order valence-corrected chi connectivity index (χ0v) is 13.4. The van der Waals surface area contributed by atoms with Gasteiger partial charge in [-0.15, -0.1) is 5.10 Å². The van der Waals surface area contributed by atoms with E-state index in [1.165, 1.54) is 19.3 Å². The van der Waals surface area contributed by atoms with Crippen molar-refractivity contribution >= 4 is 6.01 Å². The Morgan fingerprint density at radius 3 is 2.35 bits per heavy atom. The van der Waals surface area contributed by atoms with Crippen molar-refractivity contribution in [3.63, 3.8) is 0 Å². The molecule has 1 heterocycles. The number of hydrogen-bond donors (Lipinski definition) is 2. The van der Waals surface area contributed by atoms with E-state index < -0.39 is 0 Å². The maximum absolute atomic E-state index is 5.66. The van der Waals surface area contributed by atoms with Crippen molar-refractivity contribution in [2.75, 3.05) is 5.32 Å². The maximum atomic E-state index is 5.66. The van der Waals surface area contributed by atoms with E-state index >= 15 is 0 Å². The average Bonchev–Trinajstić information content (AvgIpc) is 2.72. The molecule has 5 nitrogen and oxygen atoms in total. The lowest BCUT2D eigenvalue weighted by Crippen LogP contribution is -2.35. The third-order valence-corrected chi connectivity index (χ3v) is 3.74. The molecule has 2 rings (SSSR count). The molecule has 20 heavy (non-hydrogen) atoms. The molecule has 5 heteroatoms. The zero-order valence-electron chi connectivity index (χ0n) is 13.4. The molecule has 1 fully saturated rings. The molecule has 2 atom stereocenters. The highest BCUT2D eigenvalue weighted by molar-refractivity contribution is 5.20. The van der Waals surface area contributed by atoms with Gasteiger partial charge in [-0.3, -0.25) is 0 Å². The number of nitrogens with one attached hydrogen (secondary N) is 2. The Hall–Kier alpha value is -1.10. The molecule has 2 unspecified atom stereocenters. The molecule has 114 valence electrons. The van der Waals surface area contributed by atoms with E-state index in [2.05, 4.69) is 55.4 Å². The molecule has 0 aromatic carbocycles. The Morgan fingerprint density at radius 2 is 1.75 bits per heavy atom. The first kappa shape index (κ1) is 15.3.